The summed E-state index contributed by atoms with van der Waals surface area (Å²) in [6, 6.07) is 0. The number of likely N-dealkylation sites (N-methyl/N-ethyl adjacent to an activating group) is 1. The first kappa shape index (κ1) is 13.5. The summed E-state index contributed by atoms with van der Waals surface area (Å²) in [6.07, 6.45) is 1.85. The number of nitrogens with one attached hydrogen (secondary N) is 1. The molecule has 0 bridgehead atoms. The minimum atomic E-state index is -0.121. The third-order valence-corrected chi connectivity index (χ3v) is 3.72. The Labute approximate surface area is 114 Å². The molecule has 1 unspecified atom stereocenters. The van der Waals surface area contributed by atoms with Crippen molar-refractivity contribution in [3.63, 3.8) is 0 Å². The molecular weight excluding hydrogens is 300 g/mol. The van der Waals surface area contributed by atoms with Crippen molar-refractivity contribution in [2.75, 3.05) is 38.2 Å². The van der Waals surface area contributed by atoms with Gasteiger partial charge in [-0.05, 0) is 23.0 Å². The van der Waals surface area contributed by atoms with Gasteiger partial charge < -0.3 is 15.0 Å². The highest BCUT2D eigenvalue weighted by atomic mass is 79.9. The molecule has 1 saturated heterocycles. The summed E-state index contributed by atoms with van der Waals surface area (Å²) in [5.41, 5.74) is 0.715. The predicted octanol–water partition coefficient (Wildman–Crippen LogP) is -0.0326. The molecular formula is C11H17BrN4O2. The summed E-state index contributed by atoms with van der Waals surface area (Å²) in [7, 11) is 3.54. The van der Waals surface area contributed by atoms with E-state index in [1.54, 1.807) is 13.2 Å². The highest BCUT2D eigenvalue weighted by Gasteiger charge is 2.22. The van der Waals surface area contributed by atoms with Gasteiger partial charge in [0, 0.05) is 26.7 Å². The maximum atomic E-state index is 11.8. The average Bonchev–Trinajstić information content (AvgIpc) is 2.37. The highest BCUT2D eigenvalue weighted by molar-refractivity contribution is 9.10. The van der Waals surface area contributed by atoms with Gasteiger partial charge in [-0.1, -0.05) is 0 Å². The number of rotatable bonds is 3. The number of hydrogen-bond acceptors (Lipinski definition) is 5. The number of aryl methyl sites for hydroxylation is 1. The molecule has 1 aromatic rings. The second-order valence-corrected chi connectivity index (χ2v) is 5.06. The first-order chi connectivity index (χ1) is 8.63. The molecule has 2 heterocycles. The zero-order valence-corrected chi connectivity index (χ0v) is 12.1. The first-order valence-corrected chi connectivity index (χ1v) is 6.65. The number of nitrogens with zero attached hydrogens (tertiary/aromatic N) is 3. The lowest BCUT2D eigenvalue weighted by atomic mass is 10.2. The lowest BCUT2D eigenvalue weighted by molar-refractivity contribution is 0.0421. The van der Waals surface area contributed by atoms with Crippen molar-refractivity contribution < 1.29 is 4.74 Å². The average molecular weight is 317 g/mol. The van der Waals surface area contributed by atoms with Crippen molar-refractivity contribution >= 4 is 21.6 Å². The Kier molecular flexibility index (Phi) is 4.36. The molecule has 1 aliphatic rings. The van der Waals surface area contributed by atoms with E-state index in [0.29, 0.717) is 11.1 Å². The van der Waals surface area contributed by atoms with Crippen LogP contribution in [-0.2, 0) is 11.8 Å². The van der Waals surface area contributed by atoms with Crippen LogP contribution < -0.4 is 15.8 Å². The molecule has 18 heavy (non-hydrogen) atoms. The van der Waals surface area contributed by atoms with E-state index < -0.39 is 0 Å². The minimum absolute atomic E-state index is 0.121. The van der Waals surface area contributed by atoms with E-state index in [9.17, 15) is 4.79 Å². The second-order valence-electron chi connectivity index (χ2n) is 4.27. The summed E-state index contributed by atoms with van der Waals surface area (Å²) in [6.45, 7) is 2.99. The van der Waals surface area contributed by atoms with Crippen molar-refractivity contribution in [1.29, 1.82) is 0 Å². The standard InChI is InChI=1S/C11H17BrN4O2/c1-13-5-8-7-16(3-4-18-8)9-6-14-15(2)11(17)10(9)12/h6,8,13H,3-5,7H2,1-2H3. The molecule has 100 valence electrons. The van der Waals surface area contributed by atoms with Crippen LogP contribution >= 0.6 is 15.9 Å². The van der Waals surface area contributed by atoms with Gasteiger partial charge in [0.1, 0.15) is 4.47 Å². The summed E-state index contributed by atoms with van der Waals surface area (Å²) in [4.78, 5) is 14.0. The number of ether oxygens (including phenoxy) is 1. The van der Waals surface area contributed by atoms with E-state index in [2.05, 4.69) is 31.2 Å². The van der Waals surface area contributed by atoms with Crippen LogP contribution in [0, 0.1) is 0 Å². The molecule has 0 amide bonds. The molecule has 1 N–H and O–H groups in total. The molecule has 0 aromatic carbocycles. The summed E-state index contributed by atoms with van der Waals surface area (Å²) in [5, 5.41) is 7.16. The number of halogens is 1. The van der Waals surface area contributed by atoms with E-state index >= 15 is 0 Å². The van der Waals surface area contributed by atoms with Crippen LogP contribution in [0.15, 0.2) is 15.5 Å². The van der Waals surface area contributed by atoms with E-state index in [4.69, 9.17) is 4.74 Å². The van der Waals surface area contributed by atoms with Crippen LogP contribution in [0.5, 0.6) is 0 Å². The second kappa shape index (κ2) is 5.81. The maximum Gasteiger partial charge on any atom is 0.282 e. The normalized spacial score (nSPS) is 20.2. The van der Waals surface area contributed by atoms with Gasteiger partial charge in [-0.15, -0.1) is 0 Å². The van der Waals surface area contributed by atoms with Gasteiger partial charge in [0.15, 0.2) is 0 Å². The molecule has 0 saturated carbocycles. The van der Waals surface area contributed by atoms with Gasteiger partial charge >= 0.3 is 0 Å². The Morgan fingerprint density at radius 2 is 2.44 bits per heavy atom. The van der Waals surface area contributed by atoms with E-state index in [1.165, 1.54) is 4.68 Å². The van der Waals surface area contributed by atoms with Crippen LogP contribution in [0.25, 0.3) is 0 Å². The predicted molar refractivity (Wildman–Crippen MR) is 73.1 cm³/mol. The fraction of sp³-hybridized carbons (Fsp3) is 0.636. The Balaban J connectivity index is 2.21. The molecule has 1 aromatic heterocycles. The Hall–Kier alpha value is -0.920. The molecule has 7 heteroatoms. The molecule has 0 radical (unpaired) electrons. The zero-order valence-electron chi connectivity index (χ0n) is 10.5. The maximum absolute atomic E-state index is 11.8. The van der Waals surface area contributed by atoms with Gasteiger partial charge in [0.2, 0.25) is 0 Å². The molecule has 0 aliphatic carbocycles. The summed E-state index contributed by atoms with van der Waals surface area (Å²) >= 11 is 3.35. The fourth-order valence-corrected chi connectivity index (χ4v) is 2.62. The Morgan fingerprint density at radius 3 is 3.17 bits per heavy atom. The van der Waals surface area contributed by atoms with Gasteiger partial charge in [-0.2, -0.15) is 5.10 Å². The monoisotopic (exact) mass is 316 g/mol. The molecule has 2 rings (SSSR count). The number of morpholine rings is 1. The smallest absolute Gasteiger partial charge is 0.282 e. The quantitative estimate of drug-likeness (QED) is 0.848. The van der Waals surface area contributed by atoms with Crippen LogP contribution in [0.1, 0.15) is 0 Å². The third kappa shape index (κ3) is 2.73. The van der Waals surface area contributed by atoms with E-state index in [-0.39, 0.29) is 11.7 Å². The van der Waals surface area contributed by atoms with Crippen LogP contribution in [0.3, 0.4) is 0 Å². The number of aromatic nitrogens is 2. The summed E-state index contributed by atoms with van der Waals surface area (Å²) < 4.78 is 7.52. The topological polar surface area (TPSA) is 59.4 Å². The van der Waals surface area contributed by atoms with Gasteiger partial charge in [0.25, 0.3) is 5.56 Å². The third-order valence-electron chi connectivity index (χ3n) is 2.97. The Bertz CT molecular complexity index is 475. The van der Waals surface area contributed by atoms with Crippen molar-refractivity contribution in [3.8, 4) is 0 Å². The number of hydrogen-bond donors (Lipinski definition) is 1. The van der Waals surface area contributed by atoms with Crippen molar-refractivity contribution in [2.24, 2.45) is 7.05 Å². The van der Waals surface area contributed by atoms with Crippen LogP contribution in [-0.4, -0.2) is 49.2 Å². The van der Waals surface area contributed by atoms with E-state index in [0.717, 1.165) is 25.3 Å². The molecule has 1 aliphatic heterocycles. The summed E-state index contributed by atoms with van der Waals surface area (Å²) in [5.74, 6) is 0. The largest absolute Gasteiger partial charge is 0.373 e. The van der Waals surface area contributed by atoms with Gasteiger partial charge in [-0.25, -0.2) is 4.68 Å². The Morgan fingerprint density at radius 1 is 1.67 bits per heavy atom. The zero-order chi connectivity index (χ0) is 13.1. The SMILES string of the molecule is CNCC1CN(c2cnn(C)c(=O)c2Br)CCO1. The molecule has 0 spiro atoms. The van der Waals surface area contributed by atoms with Crippen molar-refractivity contribution in [3.05, 3.63) is 21.0 Å². The number of anilines is 1. The van der Waals surface area contributed by atoms with E-state index in [1.807, 2.05) is 7.05 Å². The van der Waals surface area contributed by atoms with Crippen molar-refractivity contribution in [2.45, 2.75) is 6.10 Å². The first-order valence-electron chi connectivity index (χ1n) is 5.86. The minimum Gasteiger partial charge on any atom is -0.373 e. The lowest BCUT2D eigenvalue weighted by Crippen LogP contribution is -2.46. The molecule has 1 atom stereocenters. The molecule has 6 nitrogen and oxygen atoms in total. The molecule has 1 fully saturated rings. The van der Waals surface area contributed by atoms with Gasteiger partial charge in [-0.3, -0.25) is 4.79 Å². The fourth-order valence-electron chi connectivity index (χ4n) is 2.01. The van der Waals surface area contributed by atoms with Crippen molar-refractivity contribution in [1.82, 2.24) is 15.1 Å². The van der Waals surface area contributed by atoms with Crippen LogP contribution in [0.4, 0.5) is 5.69 Å². The van der Waals surface area contributed by atoms with Gasteiger partial charge in [0.05, 0.1) is 24.6 Å². The lowest BCUT2D eigenvalue weighted by Gasteiger charge is -2.34. The highest BCUT2D eigenvalue weighted by Crippen LogP contribution is 2.23. The van der Waals surface area contributed by atoms with Crippen LogP contribution in [0.2, 0.25) is 0 Å².